The van der Waals surface area contributed by atoms with Gasteiger partial charge in [0.15, 0.2) is 0 Å². The molecule has 1 saturated heterocycles. The molecule has 0 radical (unpaired) electrons. The van der Waals surface area contributed by atoms with Crippen molar-refractivity contribution < 1.29 is 23.0 Å². The van der Waals surface area contributed by atoms with E-state index in [1.165, 1.54) is 4.90 Å². The molecule has 0 aromatic heterocycles. The molecule has 2 unspecified atom stereocenters. The van der Waals surface area contributed by atoms with Gasteiger partial charge in [-0.15, -0.1) is 0 Å². The molecule has 1 fully saturated rings. The average molecular weight is 269 g/mol. The number of aliphatic hydroxyl groups excluding tert-OH is 1. The van der Waals surface area contributed by atoms with E-state index in [2.05, 4.69) is 0 Å². The molecule has 0 aromatic rings. The number of rotatable bonds is 7. The second-order valence-electron chi connectivity index (χ2n) is 4.65. The average Bonchev–Trinajstić information content (AvgIpc) is 2.77. The third kappa shape index (κ3) is 4.40. The fraction of sp³-hybridized carbons (Fsp3) is 1.00. The Hall–Kier alpha value is -0.330. The molecule has 6 heteroatoms. The Morgan fingerprint density at radius 3 is 2.56 bits per heavy atom. The zero-order valence-electron chi connectivity index (χ0n) is 10.7. The minimum Gasteiger partial charge on any atom is -0.395 e. The highest BCUT2D eigenvalue weighted by atomic mass is 19.4. The van der Waals surface area contributed by atoms with Crippen molar-refractivity contribution in [3.05, 3.63) is 0 Å². The number of hydrogen-bond acceptors (Lipinski definition) is 3. The molecular weight excluding hydrogens is 247 g/mol. The van der Waals surface area contributed by atoms with Crippen molar-refractivity contribution in [2.24, 2.45) is 0 Å². The van der Waals surface area contributed by atoms with Gasteiger partial charge in [0.25, 0.3) is 0 Å². The highest BCUT2D eigenvalue weighted by molar-refractivity contribution is 4.88. The molecular formula is C12H22F3NO2. The van der Waals surface area contributed by atoms with E-state index < -0.39 is 18.3 Å². The summed E-state index contributed by atoms with van der Waals surface area (Å²) in [5, 5.41) is 8.94. The third-order valence-corrected chi connectivity index (χ3v) is 3.23. The van der Waals surface area contributed by atoms with Crippen LogP contribution in [0.4, 0.5) is 13.2 Å². The van der Waals surface area contributed by atoms with Crippen molar-refractivity contribution in [3.8, 4) is 0 Å². The summed E-state index contributed by atoms with van der Waals surface area (Å²) in [5.74, 6) is 0. The van der Waals surface area contributed by atoms with Crippen LogP contribution in [0.15, 0.2) is 0 Å². The van der Waals surface area contributed by atoms with Crippen LogP contribution in [0.5, 0.6) is 0 Å². The molecule has 0 spiro atoms. The molecule has 18 heavy (non-hydrogen) atoms. The Kier molecular flexibility index (Phi) is 6.38. The van der Waals surface area contributed by atoms with Crippen LogP contribution in [-0.4, -0.2) is 54.6 Å². The van der Waals surface area contributed by atoms with E-state index in [0.717, 1.165) is 6.42 Å². The molecule has 1 aliphatic rings. The highest BCUT2D eigenvalue weighted by Gasteiger charge is 2.49. The molecule has 0 saturated carbocycles. The lowest BCUT2D eigenvalue weighted by atomic mass is 10.1. The largest absolute Gasteiger partial charge is 0.406 e. The molecule has 2 atom stereocenters. The van der Waals surface area contributed by atoms with Crippen molar-refractivity contribution in [1.82, 2.24) is 4.90 Å². The molecule has 1 rings (SSSR count). The summed E-state index contributed by atoms with van der Waals surface area (Å²) in [7, 11) is 0. The molecule has 1 aliphatic heterocycles. The van der Waals surface area contributed by atoms with Crippen LogP contribution in [0.2, 0.25) is 0 Å². The van der Waals surface area contributed by atoms with Gasteiger partial charge in [0.05, 0.1) is 12.7 Å². The number of halogens is 3. The van der Waals surface area contributed by atoms with E-state index in [-0.39, 0.29) is 13.2 Å². The van der Waals surface area contributed by atoms with Gasteiger partial charge in [-0.3, -0.25) is 4.90 Å². The van der Waals surface area contributed by atoms with Crippen molar-refractivity contribution >= 4 is 0 Å². The van der Waals surface area contributed by atoms with Gasteiger partial charge in [-0.1, -0.05) is 13.3 Å². The summed E-state index contributed by atoms with van der Waals surface area (Å²) in [4.78, 5) is 1.32. The van der Waals surface area contributed by atoms with Gasteiger partial charge in [0, 0.05) is 13.2 Å². The molecule has 1 heterocycles. The summed E-state index contributed by atoms with van der Waals surface area (Å²) in [6.45, 7) is 2.47. The van der Waals surface area contributed by atoms with Crippen molar-refractivity contribution in [1.29, 1.82) is 0 Å². The maximum Gasteiger partial charge on any atom is 0.406 e. The lowest BCUT2D eigenvalue weighted by molar-refractivity contribution is -0.210. The Balaban J connectivity index is 2.75. The summed E-state index contributed by atoms with van der Waals surface area (Å²) < 4.78 is 44.7. The van der Waals surface area contributed by atoms with Crippen molar-refractivity contribution in [2.45, 2.75) is 50.9 Å². The number of aliphatic hydroxyl groups is 1. The van der Waals surface area contributed by atoms with Crippen LogP contribution in [-0.2, 0) is 4.74 Å². The molecule has 0 bridgehead atoms. The lowest BCUT2D eigenvalue weighted by Crippen LogP contribution is -2.53. The van der Waals surface area contributed by atoms with Crippen LogP contribution in [0, 0.1) is 0 Å². The molecule has 0 aliphatic carbocycles. The Morgan fingerprint density at radius 1 is 1.39 bits per heavy atom. The van der Waals surface area contributed by atoms with Gasteiger partial charge in [-0.05, 0) is 25.8 Å². The zero-order valence-corrected chi connectivity index (χ0v) is 10.7. The predicted octanol–water partition coefficient (Wildman–Crippen LogP) is 2.19. The number of unbranched alkanes of at least 4 members (excludes halogenated alkanes) is 1. The normalized spacial score (nSPS) is 22.7. The quantitative estimate of drug-likeness (QED) is 0.769. The first-order valence-corrected chi connectivity index (χ1v) is 6.54. The van der Waals surface area contributed by atoms with E-state index in [1.807, 2.05) is 6.92 Å². The van der Waals surface area contributed by atoms with Crippen molar-refractivity contribution in [2.75, 3.05) is 26.3 Å². The van der Waals surface area contributed by atoms with Crippen LogP contribution < -0.4 is 0 Å². The van der Waals surface area contributed by atoms with Gasteiger partial charge in [-0.2, -0.15) is 13.2 Å². The first-order chi connectivity index (χ1) is 8.50. The fourth-order valence-electron chi connectivity index (χ4n) is 2.38. The first kappa shape index (κ1) is 15.7. The SMILES string of the molecule is CCCCN(CCO)C(C1CCCO1)C(F)(F)F. The number of hydrogen-bond donors (Lipinski definition) is 1. The summed E-state index contributed by atoms with van der Waals surface area (Å²) in [5.41, 5.74) is 0. The second kappa shape index (κ2) is 7.31. The minimum absolute atomic E-state index is 0.0457. The minimum atomic E-state index is -4.31. The third-order valence-electron chi connectivity index (χ3n) is 3.23. The standard InChI is InChI=1S/C12H22F3NO2/c1-2-3-6-16(7-8-17)11(12(13,14)15)10-5-4-9-18-10/h10-11,17H,2-9H2,1H3. The second-order valence-corrected chi connectivity index (χ2v) is 4.65. The van der Waals surface area contributed by atoms with Gasteiger partial charge < -0.3 is 9.84 Å². The monoisotopic (exact) mass is 269 g/mol. The Labute approximate surface area is 106 Å². The van der Waals surface area contributed by atoms with E-state index >= 15 is 0 Å². The first-order valence-electron chi connectivity index (χ1n) is 6.54. The highest BCUT2D eigenvalue weighted by Crippen LogP contribution is 2.32. The Morgan fingerprint density at radius 2 is 2.11 bits per heavy atom. The molecule has 0 amide bonds. The van der Waals surface area contributed by atoms with E-state index in [1.54, 1.807) is 0 Å². The zero-order chi connectivity index (χ0) is 13.6. The van der Waals surface area contributed by atoms with E-state index in [4.69, 9.17) is 9.84 Å². The van der Waals surface area contributed by atoms with Gasteiger partial charge >= 0.3 is 6.18 Å². The fourth-order valence-corrected chi connectivity index (χ4v) is 2.38. The molecule has 1 N–H and O–H groups in total. The molecule has 3 nitrogen and oxygen atoms in total. The predicted molar refractivity (Wildman–Crippen MR) is 62.4 cm³/mol. The van der Waals surface area contributed by atoms with Crippen LogP contribution >= 0.6 is 0 Å². The van der Waals surface area contributed by atoms with Gasteiger partial charge in [0.1, 0.15) is 6.04 Å². The van der Waals surface area contributed by atoms with Gasteiger partial charge in [0.2, 0.25) is 0 Å². The van der Waals surface area contributed by atoms with Gasteiger partial charge in [-0.25, -0.2) is 0 Å². The topological polar surface area (TPSA) is 32.7 Å². The number of alkyl halides is 3. The summed E-state index contributed by atoms with van der Waals surface area (Å²) in [6, 6.07) is -1.58. The molecule has 0 aromatic carbocycles. The van der Waals surface area contributed by atoms with Crippen LogP contribution in [0.1, 0.15) is 32.6 Å². The lowest BCUT2D eigenvalue weighted by Gasteiger charge is -2.35. The maximum atomic E-state index is 13.2. The molecule has 108 valence electrons. The van der Waals surface area contributed by atoms with Crippen molar-refractivity contribution in [3.63, 3.8) is 0 Å². The Bertz CT molecular complexity index is 230. The number of nitrogens with zero attached hydrogens (tertiary/aromatic N) is 1. The summed E-state index contributed by atoms with van der Waals surface area (Å²) >= 11 is 0. The summed E-state index contributed by atoms with van der Waals surface area (Å²) in [6.07, 6.45) is -2.45. The van der Waals surface area contributed by atoms with Crippen LogP contribution in [0.25, 0.3) is 0 Å². The van der Waals surface area contributed by atoms with E-state index in [0.29, 0.717) is 32.4 Å². The number of ether oxygens (including phenoxy) is 1. The van der Waals surface area contributed by atoms with Crippen LogP contribution in [0.3, 0.4) is 0 Å². The maximum absolute atomic E-state index is 13.2. The van der Waals surface area contributed by atoms with E-state index in [9.17, 15) is 13.2 Å². The smallest absolute Gasteiger partial charge is 0.395 e.